The lowest BCUT2D eigenvalue weighted by Gasteiger charge is -2.18. The lowest BCUT2D eigenvalue weighted by molar-refractivity contribution is 0.414. The summed E-state index contributed by atoms with van der Waals surface area (Å²) < 4.78 is 0. The van der Waals surface area contributed by atoms with E-state index in [2.05, 4.69) is 18.2 Å². The Hall–Kier alpha value is -0.770. The van der Waals surface area contributed by atoms with Gasteiger partial charge in [0.1, 0.15) is 0 Å². The summed E-state index contributed by atoms with van der Waals surface area (Å²) in [7, 11) is 0. The van der Waals surface area contributed by atoms with Crippen LogP contribution in [0.15, 0.2) is 12.2 Å². The van der Waals surface area contributed by atoms with E-state index in [0.717, 1.165) is 12.3 Å². The largest absolute Gasteiger partial charge is 0.198 e. The van der Waals surface area contributed by atoms with Crippen molar-refractivity contribution in [1.82, 2.24) is 0 Å². The van der Waals surface area contributed by atoms with E-state index in [-0.39, 0.29) is 0 Å². The lowest BCUT2D eigenvalue weighted by atomic mass is 9.85. The molecule has 0 aromatic carbocycles. The summed E-state index contributed by atoms with van der Waals surface area (Å²) in [5, 5.41) is 8.56. The average Bonchev–Trinajstić information content (AvgIpc) is 2.46. The fraction of sp³-hybridized carbons (Fsp3) is 0.667. The van der Waals surface area contributed by atoms with Crippen LogP contribution in [-0.4, -0.2) is 0 Å². The highest BCUT2D eigenvalue weighted by molar-refractivity contribution is 5.17. The van der Waals surface area contributed by atoms with E-state index in [1.165, 1.54) is 19.3 Å². The third-order valence-corrected chi connectivity index (χ3v) is 2.83. The molecule has 10 heavy (non-hydrogen) atoms. The maximum absolute atomic E-state index is 8.56. The summed E-state index contributed by atoms with van der Waals surface area (Å²) in [6.45, 7) is 0. The van der Waals surface area contributed by atoms with Crippen LogP contribution < -0.4 is 0 Å². The van der Waals surface area contributed by atoms with Gasteiger partial charge in [-0.05, 0) is 25.2 Å². The SMILES string of the molecule is N#CCC12C=CC(CC1)C2. The van der Waals surface area contributed by atoms with Gasteiger partial charge in [0.25, 0.3) is 0 Å². The van der Waals surface area contributed by atoms with E-state index in [1.54, 1.807) is 0 Å². The Labute approximate surface area is 61.4 Å². The molecule has 0 aromatic rings. The minimum absolute atomic E-state index is 0.319. The molecule has 52 valence electrons. The van der Waals surface area contributed by atoms with Crippen molar-refractivity contribution in [2.45, 2.75) is 25.7 Å². The van der Waals surface area contributed by atoms with Crippen LogP contribution in [0.2, 0.25) is 0 Å². The van der Waals surface area contributed by atoms with Gasteiger partial charge in [-0.3, -0.25) is 0 Å². The Bertz CT molecular complexity index is 211. The second-order valence-electron chi connectivity index (χ2n) is 3.56. The van der Waals surface area contributed by atoms with E-state index in [0.29, 0.717) is 5.41 Å². The zero-order valence-electron chi connectivity index (χ0n) is 6.01. The van der Waals surface area contributed by atoms with Crippen LogP contribution in [0.1, 0.15) is 25.7 Å². The molecule has 0 aliphatic heterocycles. The van der Waals surface area contributed by atoms with Crippen LogP contribution in [0, 0.1) is 22.7 Å². The molecule has 1 fully saturated rings. The van der Waals surface area contributed by atoms with Crippen LogP contribution >= 0.6 is 0 Å². The number of rotatable bonds is 1. The summed E-state index contributed by atoms with van der Waals surface area (Å²) in [5.41, 5.74) is 0.319. The topological polar surface area (TPSA) is 23.8 Å². The Morgan fingerprint density at radius 3 is 3.00 bits per heavy atom. The Kier molecular flexibility index (Phi) is 1.11. The zero-order valence-corrected chi connectivity index (χ0v) is 6.01. The predicted molar refractivity (Wildman–Crippen MR) is 39.1 cm³/mol. The first kappa shape index (κ1) is 5.97. The van der Waals surface area contributed by atoms with E-state index in [4.69, 9.17) is 5.26 Å². The highest BCUT2D eigenvalue weighted by Gasteiger charge is 2.40. The summed E-state index contributed by atoms with van der Waals surface area (Å²) in [6, 6.07) is 2.28. The van der Waals surface area contributed by atoms with Crippen LogP contribution in [0.3, 0.4) is 0 Å². The number of hydrogen-bond acceptors (Lipinski definition) is 1. The van der Waals surface area contributed by atoms with Crippen molar-refractivity contribution in [2.75, 3.05) is 0 Å². The van der Waals surface area contributed by atoms with E-state index in [9.17, 15) is 0 Å². The molecule has 0 amide bonds. The van der Waals surface area contributed by atoms with Crippen LogP contribution in [-0.2, 0) is 0 Å². The van der Waals surface area contributed by atoms with Gasteiger partial charge < -0.3 is 0 Å². The smallest absolute Gasteiger partial charge is 0.0630 e. The molecule has 0 spiro atoms. The van der Waals surface area contributed by atoms with Gasteiger partial charge in [-0.25, -0.2) is 0 Å². The summed E-state index contributed by atoms with van der Waals surface area (Å²) in [4.78, 5) is 0. The summed E-state index contributed by atoms with van der Waals surface area (Å²) >= 11 is 0. The van der Waals surface area contributed by atoms with Crippen LogP contribution in [0.5, 0.6) is 0 Å². The Morgan fingerprint density at radius 1 is 1.70 bits per heavy atom. The maximum Gasteiger partial charge on any atom is 0.0630 e. The normalized spacial score (nSPS) is 42.1. The first-order chi connectivity index (χ1) is 4.85. The van der Waals surface area contributed by atoms with Crippen LogP contribution in [0.4, 0.5) is 0 Å². The van der Waals surface area contributed by atoms with Crippen molar-refractivity contribution < 1.29 is 0 Å². The highest BCUT2D eigenvalue weighted by atomic mass is 14.4. The van der Waals surface area contributed by atoms with Gasteiger partial charge in [0.2, 0.25) is 0 Å². The third-order valence-electron chi connectivity index (χ3n) is 2.83. The first-order valence-electron chi connectivity index (χ1n) is 3.91. The van der Waals surface area contributed by atoms with Gasteiger partial charge in [-0.2, -0.15) is 5.26 Å². The van der Waals surface area contributed by atoms with Crippen molar-refractivity contribution in [2.24, 2.45) is 11.3 Å². The maximum atomic E-state index is 8.56. The van der Waals surface area contributed by atoms with E-state index in [1.807, 2.05) is 0 Å². The average molecular weight is 133 g/mol. The molecule has 1 saturated carbocycles. The second-order valence-corrected chi connectivity index (χ2v) is 3.56. The van der Waals surface area contributed by atoms with Gasteiger partial charge in [0, 0.05) is 11.8 Å². The molecule has 2 bridgehead atoms. The predicted octanol–water partition coefficient (Wildman–Crippen LogP) is 2.26. The number of nitrogens with zero attached hydrogens (tertiary/aromatic N) is 1. The van der Waals surface area contributed by atoms with Crippen molar-refractivity contribution >= 4 is 0 Å². The molecule has 0 saturated heterocycles. The Balaban J connectivity index is 2.18. The fourth-order valence-electron chi connectivity index (χ4n) is 2.23. The van der Waals surface area contributed by atoms with Gasteiger partial charge >= 0.3 is 0 Å². The number of fused-ring (bicyclic) bond motifs is 2. The molecule has 2 aliphatic carbocycles. The molecule has 0 aromatic heterocycles. The molecule has 0 N–H and O–H groups in total. The number of allylic oxidation sites excluding steroid dienone is 2. The molecule has 0 heterocycles. The van der Waals surface area contributed by atoms with Crippen molar-refractivity contribution in [3.05, 3.63) is 12.2 Å². The molecule has 2 unspecified atom stereocenters. The van der Waals surface area contributed by atoms with Gasteiger partial charge in [-0.1, -0.05) is 12.2 Å². The lowest BCUT2D eigenvalue weighted by Crippen LogP contribution is -2.09. The minimum atomic E-state index is 0.319. The molecule has 2 rings (SSSR count). The minimum Gasteiger partial charge on any atom is -0.198 e. The highest BCUT2D eigenvalue weighted by Crippen LogP contribution is 2.50. The molecular formula is C9H11N. The van der Waals surface area contributed by atoms with Crippen molar-refractivity contribution in [1.29, 1.82) is 5.26 Å². The molecule has 1 heteroatoms. The van der Waals surface area contributed by atoms with Crippen molar-refractivity contribution in [3.63, 3.8) is 0 Å². The molecular weight excluding hydrogens is 122 g/mol. The third kappa shape index (κ3) is 0.686. The van der Waals surface area contributed by atoms with Crippen molar-refractivity contribution in [3.8, 4) is 6.07 Å². The zero-order chi connectivity index (χ0) is 7.03. The first-order valence-corrected chi connectivity index (χ1v) is 3.91. The van der Waals surface area contributed by atoms with E-state index < -0.39 is 0 Å². The quantitative estimate of drug-likeness (QED) is 0.503. The molecule has 2 atom stereocenters. The number of hydrogen-bond donors (Lipinski definition) is 0. The van der Waals surface area contributed by atoms with Gasteiger partial charge in [-0.15, -0.1) is 0 Å². The summed E-state index contributed by atoms with van der Waals surface area (Å²) in [6.07, 6.45) is 9.12. The second kappa shape index (κ2) is 1.85. The summed E-state index contributed by atoms with van der Waals surface area (Å²) in [5.74, 6) is 0.813. The van der Waals surface area contributed by atoms with Gasteiger partial charge in [0.05, 0.1) is 6.07 Å². The van der Waals surface area contributed by atoms with Gasteiger partial charge in [0.15, 0.2) is 0 Å². The number of nitriles is 1. The fourth-order valence-corrected chi connectivity index (χ4v) is 2.23. The Morgan fingerprint density at radius 2 is 2.60 bits per heavy atom. The molecule has 1 nitrogen and oxygen atoms in total. The molecule has 2 aliphatic rings. The monoisotopic (exact) mass is 133 g/mol. The van der Waals surface area contributed by atoms with E-state index >= 15 is 0 Å². The molecule has 0 radical (unpaired) electrons. The van der Waals surface area contributed by atoms with Crippen LogP contribution in [0.25, 0.3) is 0 Å². The standard InChI is InChI=1S/C9H11N/c10-6-5-9-3-1-8(7-9)2-4-9/h1,3,8H,2,4-5,7H2.